The van der Waals surface area contributed by atoms with Gasteiger partial charge in [-0.1, -0.05) is 24.3 Å². The lowest BCUT2D eigenvalue weighted by atomic mass is 9.98. The number of benzene rings is 2. The first-order valence-electron chi connectivity index (χ1n) is 14.0. The van der Waals surface area contributed by atoms with E-state index >= 15 is 0 Å². The molecule has 4 aliphatic heterocycles. The van der Waals surface area contributed by atoms with E-state index in [9.17, 15) is 5.11 Å². The van der Waals surface area contributed by atoms with E-state index in [-0.39, 0.29) is 11.3 Å². The van der Waals surface area contributed by atoms with Gasteiger partial charge in [-0.2, -0.15) is 9.97 Å². The molecule has 2 N–H and O–H groups in total. The number of aromatic nitrogens is 2. The van der Waals surface area contributed by atoms with E-state index in [1.165, 1.54) is 44.3 Å². The number of hydrogen-bond donors (Lipinski definition) is 2. The Hall–Kier alpha value is -3.10. The summed E-state index contributed by atoms with van der Waals surface area (Å²) in [5.41, 5.74) is 3.44. The quantitative estimate of drug-likeness (QED) is 0.542. The Kier molecular flexibility index (Phi) is 6.78. The number of nitrogens with one attached hydrogen (secondary N) is 1. The number of phenols is 1. The summed E-state index contributed by atoms with van der Waals surface area (Å²) < 4.78 is 5.51. The molecule has 3 fully saturated rings. The van der Waals surface area contributed by atoms with Gasteiger partial charge in [0.25, 0.3) is 0 Å². The lowest BCUT2D eigenvalue weighted by Gasteiger charge is -2.41. The standard InChI is InChI=1S/C25H29N5O2.C5H11N/c1-25-9-7-17(28-25)13-30(15-25)23-20-8-10-29(14-21(20)26-24(27-23)32-2)22-12-18(31)11-16-5-3-4-6-19(16)22;1-6-4-2-3-5-6/h3-6,11-12,17,28,31H,7-10,13-15H2,1-2H3;2-5H2,1H3. The van der Waals surface area contributed by atoms with Gasteiger partial charge < -0.3 is 29.9 Å². The molecule has 3 saturated heterocycles. The van der Waals surface area contributed by atoms with E-state index in [1.807, 2.05) is 30.3 Å². The van der Waals surface area contributed by atoms with Crippen LogP contribution in [-0.4, -0.2) is 78.4 Å². The Morgan fingerprint density at radius 1 is 1.08 bits per heavy atom. The maximum Gasteiger partial charge on any atom is 0.318 e. The fourth-order valence-corrected chi connectivity index (χ4v) is 6.66. The Balaban J connectivity index is 0.000000390. The van der Waals surface area contributed by atoms with Gasteiger partial charge in [-0.15, -0.1) is 0 Å². The van der Waals surface area contributed by atoms with Gasteiger partial charge in [-0.25, -0.2) is 0 Å². The van der Waals surface area contributed by atoms with Crippen molar-refractivity contribution in [3.05, 3.63) is 47.7 Å². The summed E-state index contributed by atoms with van der Waals surface area (Å²) in [6, 6.07) is 12.8. The van der Waals surface area contributed by atoms with E-state index in [0.29, 0.717) is 18.6 Å². The second-order valence-electron chi connectivity index (χ2n) is 11.6. The highest BCUT2D eigenvalue weighted by molar-refractivity contribution is 5.95. The molecule has 0 saturated carbocycles. The molecule has 0 amide bonds. The number of hydrogen-bond acceptors (Lipinski definition) is 8. The number of ether oxygens (including phenoxy) is 1. The zero-order chi connectivity index (χ0) is 26.3. The molecule has 3 aromatic rings. The summed E-state index contributed by atoms with van der Waals surface area (Å²) in [6.45, 7) is 8.41. The molecule has 8 nitrogen and oxygen atoms in total. The number of phenolic OH excluding ortho intramolecular Hbond substituents is 1. The number of nitrogens with zero attached hydrogens (tertiary/aromatic N) is 5. The van der Waals surface area contributed by atoms with Crippen LogP contribution in [0.3, 0.4) is 0 Å². The Bertz CT molecular complexity index is 1310. The highest BCUT2D eigenvalue weighted by atomic mass is 16.5. The van der Waals surface area contributed by atoms with Gasteiger partial charge in [0.1, 0.15) is 11.6 Å². The van der Waals surface area contributed by atoms with E-state index < -0.39 is 0 Å². The first kappa shape index (κ1) is 25.2. The smallest absolute Gasteiger partial charge is 0.318 e. The van der Waals surface area contributed by atoms with Crippen molar-refractivity contribution in [2.75, 3.05) is 56.7 Å². The Labute approximate surface area is 225 Å². The normalized spacial score (nSPS) is 24.8. The molecular formula is C30H40N6O2. The van der Waals surface area contributed by atoms with Crippen molar-refractivity contribution in [3.8, 4) is 11.8 Å². The molecule has 1 aromatic heterocycles. The van der Waals surface area contributed by atoms with Crippen LogP contribution in [0.2, 0.25) is 0 Å². The average Bonchev–Trinajstić information content (AvgIpc) is 3.51. The van der Waals surface area contributed by atoms with Crippen LogP contribution in [-0.2, 0) is 13.0 Å². The maximum absolute atomic E-state index is 10.3. The van der Waals surface area contributed by atoms with E-state index in [4.69, 9.17) is 14.7 Å². The number of fused-ring (bicyclic) bond motifs is 4. The van der Waals surface area contributed by atoms with Crippen molar-refractivity contribution < 1.29 is 9.84 Å². The number of rotatable bonds is 3. The van der Waals surface area contributed by atoms with E-state index in [0.717, 1.165) is 54.0 Å². The molecule has 2 bridgehead atoms. The zero-order valence-corrected chi connectivity index (χ0v) is 22.9. The van der Waals surface area contributed by atoms with Gasteiger partial charge in [0.05, 0.1) is 19.3 Å². The molecule has 8 heteroatoms. The zero-order valence-electron chi connectivity index (χ0n) is 22.9. The fourth-order valence-electron chi connectivity index (χ4n) is 6.66. The third kappa shape index (κ3) is 4.99. The van der Waals surface area contributed by atoms with Crippen LogP contribution in [0.1, 0.15) is 43.9 Å². The highest BCUT2D eigenvalue weighted by Gasteiger charge is 2.42. The predicted octanol–water partition coefficient (Wildman–Crippen LogP) is 3.95. The van der Waals surface area contributed by atoms with Crippen molar-refractivity contribution in [2.24, 2.45) is 0 Å². The van der Waals surface area contributed by atoms with Gasteiger partial charge in [0, 0.05) is 53.9 Å². The van der Waals surface area contributed by atoms with Crippen LogP contribution >= 0.6 is 0 Å². The number of methoxy groups -OCH3 is 1. The molecule has 5 heterocycles. The minimum Gasteiger partial charge on any atom is -0.508 e. The van der Waals surface area contributed by atoms with E-state index in [2.05, 4.69) is 40.1 Å². The monoisotopic (exact) mass is 516 g/mol. The second-order valence-corrected chi connectivity index (χ2v) is 11.6. The SMILES string of the molecule is CN1CCCC1.COc1nc2c(c(N3CC4CCC(C)(C3)N4)n1)CCN(c1cc(O)cc3ccccc13)C2. The third-order valence-corrected chi connectivity index (χ3v) is 8.58. The topological polar surface area (TPSA) is 77.0 Å². The Morgan fingerprint density at radius 2 is 1.89 bits per heavy atom. The van der Waals surface area contributed by atoms with Gasteiger partial charge in [0.15, 0.2) is 0 Å². The summed E-state index contributed by atoms with van der Waals surface area (Å²) in [5.74, 6) is 1.32. The molecule has 2 atom stereocenters. The second kappa shape index (κ2) is 10.2. The minimum absolute atomic E-state index is 0.148. The largest absolute Gasteiger partial charge is 0.508 e. The molecule has 202 valence electrons. The molecular weight excluding hydrogens is 476 g/mol. The van der Waals surface area contributed by atoms with Gasteiger partial charge in [-0.3, -0.25) is 0 Å². The third-order valence-electron chi connectivity index (χ3n) is 8.58. The number of aromatic hydroxyl groups is 1. The van der Waals surface area contributed by atoms with Crippen LogP contribution in [0, 0.1) is 0 Å². The van der Waals surface area contributed by atoms with Gasteiger partial charge in [0.2, 0.25) is 0 Å². The van der Waals surface area contributed by atoms with E-state index in [1.54, 1.807) is 7.11 Å². The summed E-state index contributed by atoms with van der Waals surface area (Å²) in [4.78, 5) is 16.7. The maximum atomic E-state index is 10.3. The number of likely N-dealkylation sites (tertiary alicyclic amines) is 1. The minimum atomic E-state index is 0.148. The van der Waals surface area contributed by atoms with Gasteiger partial charge >= 0.3 is 6.01 Å². The average molecular weight is 517 g/mol. The van der Waals surface area contributed by atoms with Crippen LogP contribution in [0.15, 0.2) is 36.4 Å². The first-order valence-corrected chi connectivity index (χ1v) is 14.0. The van der Waals surface area contributed by atoms with Crippen molar-refractivity contribution in [1.29, 1.82) is 0 Å². The van der Waals surface area contributed by atoms with Crippen LogP contribution in [0.4, 0.5) is 11.5 Å². The Morgan fingerprint density at radius 3 is 2.63 bits per heavy atom. The number of piperazine rings is 1. The number of anilines is 2. The summed E-state index contributed by atoms with van der Waals surface area (Å²) in [5, 5.41) is 16.3. The van der Waals surface area contributed by atoms with Crippen LogP contribution in [0.5, 0.6) is 11.8 Å². The predicted molar refractivity (Wildman–Crippen MR) is 152 cm³/mol. The molecule has 7 rings (SSSR count). The van der Waals surface area contributed by atoms with Gasteiger partial charge in [-0.05, 0) is 70.6 Å². The van der Waals surface area contributed by atoms with Crippen LogP contribution < -0.4 is 19.9 Å². The van der Waals surface area contributed by atoms with Crippen LogP contribution in [0.25, 0.3) is 10.8 Å². The van der Waals surface area contributed by atoms with Crippen molar-refractivity contribution in [3.63, 3.8) is 0 Å². The fraction of sp³-hybridized carbons (Fsp3) is 0.533. The molecule has 0 spiro atoms. The summed E-state index contributed by atoms with van der Waals surface area (Å²) >= 11 is 0. The summed E-state index contributed by atoms with van der Waals surface area (Å²) in [7, 11) is 3.81. The molecule has 38 heavy (non-hydrogen) atoms. The molecule has 0 aliphatic carbocycles. The lowest BCUT2D eigenvalue weighted by molar-refractivity contribution is 0.344. The van der Waals surface area contributed by atoms with Crippen molar-refractivity contribution >= 4 is 22.3 Å². The molecule has 2 aromatic carbocycles. The highest BCUT2D eigenvalue weighted by Crippen LogP contribution is 2.38. The summed E-state index contributed by atoms with van der Waals surface area (Å²) in [6.07, 6.45) is 6.11. The molecule has 4 aliphatic rings. The first-order chi connectivity index (χ1) is 18.4. The van der Waals surface area contributed by atoms with Crippen molar-refractivity contribution in [2.45, 2.75) is 57.2 Å². The lowest BCUT2D eigenvalue weighted by Crippen LogP contribution is -2.58. The molecule has 0 radical (unpaired) electrons. The molecule has 2 unspecified atom stereocenters. The van der Waals surface area contributed by atoms with Crippen molar-refractivity contribution in [1.82, 2.24) is 20.2 Å².